The quantitative estimate of drug-likeness (QED) is 0.216. The van der Waals surface area contributed by atoms with E-state index in [9.17, 15) is 19.5 Å². The lowest BCUT2D eigenvalue weighted by Crippen LogP contribution is -2.29. The third-order valence-electron chi connectivity index (χ3n) is 5.45. The van der Waals surface area contributed by atoms with E-state index in [1.807, 2.05) is 0 Å². The molecule has 3 aromatic rings. The van der Waals surface area contributed by atoms with Crippen LogP contribution in [0.1, 0.15) is 39.5 Å². The number of thiazole rings is 1. The molecule has 0 bridgehead atoms. The molecular weight excluding hydrogens is 492 g/mol. The molecule has 1 aromatic heterocycles. The number of aryl methyl sites for hydroxylation is 1. The minimum atomic E-state index is -0.989. The molecule has 4 rings (SSSR count). The van der Waals surface area contributed by atoms with Crippen molar-refractivity contribution >= 4 is 51.5 Å². The summed E-state index contributed by atoms with van der Waals surface area (Å²) in [4.78, 5) is 44.7. The van der Waals surface area contributed by atoms with Gasteiger partial charge in [-0.25, -0.2) is 9.78 Å². The van der Waals surface area contributed by atoms with Crippen LogP contribution in [0.4, 0.5) is 5.13 Å². The van der Waals surface area contributed by atoms with Crippen LogP contribution in [0.2, 0.25) is 5.02 Å². The predicted octanol–water partition coefficient (Wildman–Crippen LogP) is 4.92. The van der Waals surface area contributed by atoms with Crippen molar-refractivity contribution in [3.05, 3.63) is 80.8 Å². The highest BCUT2D eigenvalue weighted by Crippen LogP contribution is 2.44. The third-order valence-corrected chi connectivity index (χ3v) is 6.83. The number of aliphatic hydroxyl groups excluding tert-OH is 1. The van der Waals surface area contributed by atoms with Gasteiger partial charge < -0.3 is 14.6 Å². The molecule has 0 aliphatic carbocycles. The highest BCUT2D eigenvalue weighted by atomic mass is 35.5. The first-order valence-electron chi connectivity index (χ1n) is 10.6. The van der Waals surface area contributed by atoms with Gasteiger partial charge >= 0.3 is 11.9 Å². The van der Waals surface area contributed by atoms with Crippen molar-refractivity contribution in [3.8, 4) is 5.75 Å². The summed E-state index contributed by atoms with van der Waals surface area (Å²) in [7, 11) is 1.52. The number of hydrogen-bond acceptors (Lipinski definition) is 8. The summed E-state index contributed by atoms with van der Waals surface area (Å²) in [6.45, 7) is 3.50. The number of carbonyl (C=O) groups excluding carboxylic acids is 3. The molecule has 10 heteroatoms. The molecule has 1 saturated heterocycles. The fourth-order valence-corrected chi connectivity index (χ4v) is 4.88. The molecule has 1 unspecified atom stereocenters. The third kappa shape index (κ3) is 4.52. The number of carbonyl (C=O) groups is 3. The molecule has 35 heavy (non-hydrogen) atoms. The van der Waals surface area contributed by atoms with Crippen LogP contribution in [-0.2, 0) is 14.3 Å². The predicted molar refractivity (Wildman–Crippen MR) is 132 cm³/mol. The summed E-state index contributed by atoms with van der Waals surface area (Å²) < 4.78 is 10.3. The summed E-state index contributed by atoms with van der Waals surface area (Å²) in [6.07, 6.45) is 0. The molecule has 2 heterocycles. The zero-order valence-corrected chi connectivity index (χ0v) is 20.6. The van der Waals surface area contributed by atoms with Gasteiger partial charge in [0.2, 0.25) is 0 Å². The molecule has 1 aliphatic heterocycles. The number of Topliss-reactive ketones (excluding diaryl/α,β-unsaturated/α-hetero) is 1. The van der Waals surface area contributed by atoms with Crippen LogP contribution in [0.5, 0.6) is 5.75 Å². The van der Waals surface area contributed by atoms with Crippen LogP contribution in [0.3, 0.4) is 0 Å². The van der Waals surface area contributed by atoms with Crippen molar-refractivity contribution in [2.45, 2.75) is 19.9 Å². The van der Waals surface area contributed by atoms with Crippen molar-refractivity contribution in [2.24, 2.45) is 0 Å². The van der Waals surface area contributed by atoms with E-state index in [2.05, 4.69) is 4.98 Å². The standard InChI is InChI=1S/C25H21ClN2O6S/c1-4-34-24(32)22-13(2)27-25(35-22)28-19(14-7-11-17(33-3)12-8-14)18(21(30)23(28)31)20(29)15-5-9-16(26)10-6-15/h5-12,19,29H,4H2,1-3H3. The second-order valence-corrected chi connectivity index (χ2v) is 8.99. The fraction of sp³-hybridized carbons (Fsp3) is 0.200. The summed E-state index contributed by atoms with van der Waals surface area (Å²) in [5.74, 6) is -2.07. The monoisotopic (exact) mass is 512 g/mol. The molecule has 1 aliphatic rings. The number of nitrogens with zero attached hydrogens (tertiary/aromatic N) is 2. The van der Waals surface area contributed by atoms with E-state index in [4.69, 9.17) is 21.1 Å². The van der Waals surface area contributed by atoms with Crippen molar-refractivity contribution < 1.29 is 29.0 Å². The number of ether oxygens (including phenoxy) is 2. The summed E-state index contributed by atoms with van der Waals surface area (Å²) in [5, 5.41) is 11.7. The number of benzene rings is 2. The van der Waals surface area contributed by atoms with Crippen LogP contribution in [0.15, 0.2) is 54.1 Å². The number of esters is 1. The highest BCUT2D eigenvalue weighted by Gasteiger charge is 2.48. The first-order chi connectivity index (χ1) is 16.8. The van der Waals surface area contributed by atoms with Gasteiger partial charge in [0, 0.05) is 10.6 Å². The highest BCUT2D eigenvalue weighted by molar-refractivity contribution is 7.17. The molecule has 0 radical (unpaired) electrons. The normalized spacial score (nSPS) is 17.0. The SMILES string of the molecule is CCOC(=O)c1sc(N2C(=O)C(=O)C(=C(O)c3ccc(Cl)cc3)C2c2ccc(OC)cc2)nc1C. The van der Waals surface area contributed by atoms with E-state index in [1.165, 1.54) is 12.0 Å². The zero-order chi connectivity index (χ0) is 25.3. The molecular formula is C25H21ClN2O6S. The van der Waals surface area contributed by atoms with Crippen molar-refractivity contribution in [3.63, 3.8) is 0 Å². The Morgan fingerprint density at radius 3 is 2.40 bits per heavy atom. The average Bonchev–Trinajstić information content (AvgIpc) is 3.36. The minimum Gasteiger partial charge on any atom is -0.507 e. The van der Waals surface area contributed by atoms with Gasteiger partial charge in [0.15, 0.2) is 5.13 Å². The summed E-state index contributed by atoms with van der Waals surface area (Å²) in [6, 6.07) is 12.1. The van der Waals surface area contributed by atoms with Crippen molar-refractivity contribution in [2.75, 3.05) is 18.6 Å². The number of anilines is 1. The Bertz CT molecular complexity index is 1330. The molecule has 180 valence electrons. The Kier molecular flexibility index (Phi) is 6.90. The van der Waals surface area contributed by atoms with Gasteiger partial charge in [-0.05, 0) is 55.8 Å². The smallest absolute Gasteiger partial charge is 0.350 e. The molecule has 1 amide bonds. The maximum atomic E-state index is 13.3. The lowest BCUT2D eigenvalue weighted by Gasteiger charge is -2.23. The van der Waals surface area contributed by atoms with Crippen molar-refractivity contribution in [1.29, 1.82) is 0 Å². The fourth-order valence-electron chi connectivity index (χ4n) is 3.77. The minimum absolute atomic E-state index is 0.104. The van der Waals surface area contributed by atoms with Crippen LogP contribution in [0, 0.1) is 6.92 Å². The van der Waals surface area contributed by atoms with Gasteiger partial charge in [-0.1, -0.05) is 35.1 Å². The molecule has 1 atom stereocenters. The number of amides is 1. The average molecular weight is 513 g/mol. The maximum absolute atomic E-state index is 13.3. The number of halogens is 1. The van der Waals surface area contributed by atoms with Crippen LogP contribution < -0.4 is 9.64 Å². The number of hydrogen-bond donors (Lipinski definition) is 1. The van der Waals surface area contributed by atoms with Crippen LogP contribution in [-0.4, -0.2) is 41.5 Å². The molecule has 1 fully saturated rings. The molecule has 2 aromatic carbocycles. The first kappa shape index (κ1) is 24.4. The van der Waals surface area contributed by atoms with E-state index in [1.54, 1.807) is 62.4 Å². The van der Waals surface area contributed by atoms with Gasteiger partial charge in [0.25, 0.3) is 5.78 Å². The molecule has 0 spiro atoms. The molecule has 1 N–H and O–H groups in total. The summed E-state index contributed by atoms with van der Waals surface area (Å²) in [5.41, 5.74) is 1.14. The van der Waals surface area contributed by atoms with Gasteiger partial charge in [0.05, 0.1) is 31.0 Å². The zero-order valence-electron chi connectivity index (χ0n) is 19.1. The molecule has 0 saturated carbocycles. The number of aliphatic hydroxyl groups is 1. The lowest BCUT2D eigenvalue weighted by atomic mass is 9.95. The Morgan fingerprint density at radius 2 is 1.80 bits per heavy atom. The molecule has 8 nitrogen and oxygen atoms in total. The van der Waals surface area contributed by atoms with E-state index in [0.29, 0.717) is 27.6 Å². The summed E-state index contributed by atoms with van der Waals surface area (Å²) >= 11 is 6.91. The lowest BCUT2D eigenvalue weighted by molar-refractivity contribution is -0.132. The largest absolute Gasteiger partial charge is 0.507 e. The van der Waals surface area contributed by atoms with E-state index in [0.717, 1.165) is 11.3 Å². The van der Waals surface area contributed by atoms with E-state index < -0.39 is 23.7 Å². The van der Waals surface area contributed by atoms with Gasteiger partial charge in [-0.2, -0.15) is 0 Å². The van der Waals surface area contributed by atoms with E-state index in [-0.39, 0.29) is 27.9 Å². The Hall–Kier alpha value is -3.69. The number of methoxy groups -OCH3 is 1. The number of rotatable bonds is 6. The number of aromatic nitrogens is 1. The van der Waals surface area contributed by atoms with Crippen LogP contribution in [0.25, 0.3) is 5.76 Å². The maximum Gasteiger partial charge on any atom is 0.350 e. The topological polar surface area (TPSA) is 106 Å². The Morgan fingerprint density at radius 1 is 1.14 bits per heavy atom. The van der Waals surface area contributed by atoms with Gasteiger partial charge in [-0.15, -0.1) is 0 Å². The second kappa shape index (κ2) is 9.89. The van der Waals surface area contributed by atoms with Gasteiger partial charge in [0.1, 0.15) is 16.4 Å². The van der Waals surface area contributed by atoms with Gasteiger partial charge in [-0.3, -0.25) is 14.5 Å². The Balaban J connectivity index is 1.90. The van der Waals surface area contributed by atoms with E-state index >= 15 is 0 Å². The number of ketones is 1. The first-order valence-corrected chi connectivity index (χ1v) is 11.8. The van der Waals surface area contributed by atoms with Crippen LogP contribution >= 0.6 is 22.9 Å². The second-order valence-electron chi connectivity index (χ2n) is 7.58. The Labute approximate surface area is 210 Å². The van der Waals surface area contributed by atoms with Crippen molar-refractivity contribution in [1.82, 2.24) is 4.98 Å².